The van der Waals surface area contributed by atoms with Crippen molar-refractivity contribution < 1.29 is 4.79 Å². The minimum absolute atomic E-state index is 0. The second-order valence-corrected chi connectivity index (χ2v) is 6.30. The lowest BCUT2D eigenvalue weighted by molar-refractivity contribution is -0.119. The molecular weight excluding hydrogens is 441 g/mol. The van der Waals surface area contributed by atoms with Gasteiger partial charge in [0.2, 0.25) is 5.91 Å². The summed E-state index contributed by atoms with van der Waals surface area (Å²) in [5.74, 6) is 0.634. The van der Waals surface area contributed by atoms with Crippen molar-refractivity contribution in [1.82, 2.24) is 20.9 Å². The Hall–Kier alpha value is -1.35. The lowest BCUT2D eigenvalue weighted by Gasteiger charge is -2.14. The molecule has 7 heteroatoms. The van der Waals surface area contributed by atoms with Crippen LogP contribution in [0.3, 0.4) is 0 Å². The zero-order valence-electron chi connectivity index (χ0n) is 15.9. The van der Waals surface area contributed by atoms with E-state index < -0.39 is 0 Å². The van der Waals surface area contributed by atoms with Crippen molar-refractivity contribution in [1.29, 1.82) is 0 Å². The first-order valence-corrected chi connectivity index (χ1v) is 9.30. The van der Waals surface area contributed by atoms with Gasteiger partial charge in [-0.2, -0.15) is 0 Å². The number of guanidine groups is 1. The van der Waals surface area contributed by atoms with Gasteiger partial charge in [-0.05, 0) is 50.9 Å². The molecule has 0 bridgehead atoms. The van der Waals surface area contributed by atoms with Crippen LogP contribution in [0.4, 0.5) is 0 Å². The van der Waals surface area contributed by atoms with Crippen molar-refractivity contribution in [3.05, 3.63) is 35.4 Å². The molecule has 2 rings (SSSR count). The number of hydrogen-bond donors (Lipinski definition) is 3. The number of aliphatic imine (C=N–C) groups is 1. The van der Waals surface area contributed by atoms with Crippen LogP contribution >= 0.6 is 24.0 Å². The summed E-state index contributed by atoms with van der Waals surface area (Å²) >= 11 is 0. The number of likely N-dealkylation sites (tertiary alicyclic amines) is 1. The first-order chi connectivity index (χ1) is 12.2. The summed E-state index contributed by atoms with van der Waals surface area (Å²) in [5, 5.41) is 8.98. The van der Waals surface area contributed by atoms with E-state index in [-0.39, 0.29) is 36.4 Å². The molecule has 3 N–H and O–H groups in total. The van der Waals surface area contributed by atoms with E-state index in [0.29, 0.717) is 19.0 Å². The second kappa shape index (κ2) is 12.9. The zero-order chi connectivity index (χ0) is 17.9. The maximum absolute atomic E-state index is 11.5. The number of halogens is 1. The molecule has 1 aliphatic rings. The number of rotatable bonds is 8. The van der Waals surface area contributed by atoms with Gasteiger partial charge in [-0.1, -0.05) is 24.3 Å². The van der Waals surface area contributed by atoms with Crippen LogP contribution in [0.15, 0.2) is 29.3 Å². The number of likely N-dealkylation sites (N-methyl/N-ethyl adjacent to an activating group) is 1. The molecular formula is C19H32IN5O. The molecule has 1 aromatic carbocycles. The zero-order valence-corrected chi connectivity index (χ0v) is 18.2. The van der Waals surface area contributed by atoms with Crippen molar-refractivity contribution >= 4 is 35.8 Å². The van der Waals surface area contributed by atoms with Crippen LogP contribution in [0.25, 0.3) is 0 Å². The van der Waals surface area contributed by atoms with E-state index in [1.807, 2.05) is 13.8 Å². The average Bonchev–Trinajstić information content (AvgIpc) is 3.12. The van der Waals surface area contributed by atoms with E-state index in [4.69, 9.17) is 0 Å². The molecule has 0 radical (unpaired) electrons. The number of carbonyl (C=O) groups excluding carboxylic acids is 1. The molecule has 1 saturated heterocycles. The van der Waals surface area contributed by atoms with Crippen molar-refractivity contribution in [2.45, 2.75) is 39.8 Å². The highest BCUT2D eigenvalue weighted by molar-refractivity contribution is 14.0. The maximum Gasteiger partial charge on any atom is 0.239 e. The van der Waals surface area contributed by atoms with Crippen molar-refractivity contribution in [2.75, 3.05) is 32.7 Å². The highest BCUT2D eigenvalue weighted by atomic mass is 127. The average molecular weight is 473 g/mol. The Morgan fingerprint density at radius 2 is 1.62 bits per heavy atom. The van der Waals surface area contributed by atoms with Crippen molar-refractivity contribution in [3.8, 4) is 0 Å². The summed E-state index contributed by atoms with van der Waals surface area (Å²) in [6.45, 7) is 9.61. The van der Waals surface area contributed by atoms with Gasteiger partial charge in [-0.25, -0.2) is 4.99 Å². The van der Waals surface area contributed by atoms with Crippen LogP contribution in [0, 0.1) is 0 Å². The summed E-state index contributed by atoms with van der Waals surface area (Å²) in [6.07, 6.45) is 2.65. The number of nitrogens with zero attached hydrogens (tertiary/aromatic N) is 2. The second-order valence-electron chi connectivity index (χ2n) is 6.30. The van der Waals surface area contributed by atoms with E-state index in [0.717, 1.165) is 13.1 Å². The Bertz CT molecular complexity index is 556. The Kier molecular flexibility index (Phi) is 11.3. The Balaban J connectivity index is 0.00000338. The molecule has 26 heavy (non-hydrogen) atoms. The van der Waals surface area contributed by atoms with Gasteiger partial charge >= 0.3 is 0 Å². The van der Waals surface area contributed by atoms with E-state index >= 15 is 0 Å². The fourth-order valence-electron chi connectivity index (χ4n) is 2.88. The van der Waals surface area contributed by atoms with Crippen molar-refractivity contribution in [3.63, 3.8) is 0 Å². The lowest BCUT2D eigenvalue weighted by atomic mass is 10.1. The molecule has 1 aromatic rings. The first kappa shape index (κ1) is 22.7. The smallest absolute Gasteiger partial charge is 0.239 e. The molecule has 0 unspecified atom stereocenters. The summed E-state index contributed by atoms with van der Waals surface area (Å²) in [7, 11) is 0. The highest BCUT2D eigenvalue weighted by Crippen LogP contribution is 2.13. The summed E-state index contributed by atoms with van der Waals surface area (Å²) in [5.41, 5.74) is 2.52. The molecule has 1 fully saturated rings. The number of benzene rings is 1. The van der Waals surface area contributed by atoms with E-state index in [1.54, 1.807) is 0 Å². The van der Waals surface area contributed by atoms with Crippen LogP contribution in [0.1, 0.15) is 37.8 Å². The highest BCUT2D eigenvalue weighted by Gasteiger charge is 2.11. The standard InChI is InChI=1S/C19H31N5O.HI/c1-3-20-18(25)14-23-19(21-4-2)22-13-16-7-9-17(10-8-16)15-24-11-5-6-12-24;/h7-10H,3-6,11-15H2,1-2H3,(H,20,25)(H2,21,22,23);1H. The predicted molar refractivity (Wildman–Crippen MR) is 118 cm³/mol. The van der Waals surface area contributed by atoms with Crippen LogP contribution in [0.5, 0.6) is 0 Å². The summed E-state index contributed by atoms with van der Waals surface area (Å²) in [4.78, 5) is 18.6. The normalized spacial score (nSPS) is 14.6. The molecule has 0 atom stereocenters. The molecule has 1 aliphatic heterocycles. The lowest BCUT2D eigenvalue weighted by Crippen LogP contribution is -2.43. The van der Waals surface area contributed by atoms with E-state index in [9.17, 15) is 4.79 Å². The quantitative estimate of drug-likeness (QED) is 0.307. The van der Waals surface area contributed by atoms with Gasteiger partial charge in [0.25, 0.3) is 0 Å². The molecule has 1 amide bonds. The maximum atomic E-state index is 11.5. The minimum atomic E-state index is -0.0284. The van der Waals surface area contributed by atoms with Crippen LogP contribution in [-0.4, -0.2) is 49.5 Å². The molecule has 1 heterocycles. The van der Waals surface area contributed by atoms with E-state index in [2.05, 4.69) is 50.1 Å². The Morgan fingerprint density at radius 1 is 1.00 bits per heavy atom. The summed E-state index contributed by atoms with van der Waals surface area (Å²) < 4.78 is 0. The van der Waals surface area contributed by atoms with Gasteiger partial charge in [0.05, 0.1) is 13.1 Å². The molecule has 0 spiro atoms. The fraction of sp³-hybridized carbons (Fsp3) is 0.579. The molecule has 146 valence electrons. The van der Waals surface area contributed by atoms with Gasteiger partial charge in [0.1, 0.15) is 0 Å². The van der Waals surface area contributed by atoms with Crippen LogP contribution in [0.2, 0.25) is 0 Å². The number of carbonyl (C=O) groups is 1. The van der Waals surface area contributed by atoms with Gasteiger partial charge < -0.3 is 16.0 Å². The van der Waals surface area contributed by atoms with Gasteiger partial charge in [-0.3, -0.25) is 9.69 Å². The third kappa shape index (κ3) is 8.35. The van der Waals surface area contributed by atoms with Crippen LogP contribution < -0.4 is 16.0 Å². The number of nitrogens with one attached hydrogen (secondary N) is 3. The largest absolute Gasteiger partial charge is 0.357 e. The molecule has 0 aromatic heterocycles. The summed E-state index contributed by atoms with van der Waals surface area (Å²) in [6, 6.07) is 8.67. The third-order valence-corrected chi connectivity index (χ3v) is 4.18. The number of hydrogen-bond acceptors (Lipinski definition) is 3. The van der Waals surface area contributed by atoms with Gasteiger partial charge in [-0.15, -0.1) is 24.0 Å². The SMILES string of the molecule is CCNC(=O)CNC(=NCc1ccc(CN2CCCC2)cc1)NCC.I. The minimum Gasteiger partial charge on any atom is -0.357 e. The first-order valence-electron chi connectivity index (χ1n) is 9.30. The topological polar surface area (TPSA) is 68.8 Å². The monoisotopic (exact) mass is 473 g/mol. The molecule has 6 nitrogen and oxygen atoms in total. The fourth-order valence-corrected chi connectivity index (χ4v) is 2.88. The Labute approximate surface area is 174 Å². The Morgan fingerprint density at radius 3 is 2.23 bits per heavy atom. The van der Waals surface area contributed by atoms with Crippen LogP contribution in [-0.2, 0) is 17.9 Å². The van der Waals surface area contributed by atoms with E-state index in [1.165, 1.54) is 37.1 Å². The predicted octanol–water partition coefficient (Wildman–Crippen LogP) is 2.09. The molecule has 0 saturated carbocycles. The number of amides is 1. The van der Waals surface area contributed by atoms with Gasteiger partial charge in [0.15, 0.2) is 5.96 Å². The molecule has 0 aliphatic carbocycles. The van der Waals surface area contributed by atoms with Crippen molar-refractivity contribution in [2.24, 2.45) is 4.99 Å². The van der Waals surface area contributed by atoms with Gasteiger partial charge in [0, 0.05) is 19.6 Å². The third-order valence-electron chi connectivity index (χ3n) is 4.18.